The summed E-state index contributed by atoms with van der Waals surface area (Å²) in [5.41, 5.74) is 0. The minimum atomic E-state index is -3.73. The van der Waals surface area contributed by atoms with Crippen molar-refractivity contribution >= 4 is 31.6 Å². The molecule has 2 N–H and O–H groups in total. The summed E-state index contributed by atoms with van der Waals surface area (Å²) < 4.78 is 50.6. The van der Waals surface area contributed by atoms with Crippen molar-refractivity contribution in [2.45, 2.75) is 11.8 Å². The molecule has 0 aliphatic rings. The van der Waals surface area contributed by atoms with E-state index in [0.29, 0.717) is 0 Å². The average Bonchev–Trinajstić information content (AvgIpc) is 2.35. The molecular weight excluding hydrogens is 312 g/mol. The summed E-state index contributed by atoms with van der Waals surface area (Å²) >= 11 is 5.79. The zero-order valence-corrected chi connectivity index (χ0v) is 12.6. The van der Waals surface area contributed by atoms with Gasteiger partial charge >= 0.3 is 0 Å². The molecule has 0 bridgehead atoms. The van der Waals surface area contributed by atoms with E-state index in [9.17, 15) is 16.8 Å². The first-order valence-corrected chi connectivity index (χ1v) is 9.01. The quantitative estimate of drug-likeness (QED) is 0.716. The van der Waals surface area contributed by atoms with Crippen LogP contribution in [0.3, 0.4) is 0 Å². The number of hydrogen-bond donors (Lipinski definition) is 2. The number of rotatable bonds is 7. The van der Waals surface area contributed by atoms with Gasteiger partial charge in [-0.05, 0) is 19.1 Å². The Morgan fingerprint density at radius 1 is 1.05 bits per heavy atom. The van der Waals surface area contributed by atoms with Crippen molar-refractivity contribution < 1.29 is 16.8 Å². The van der Waals surface area contributed by atoms with Crippen molar-refractivity contribution in [2.24, 2.45) is 0 Å². The third-order valence-corrected chi connectivity index (χ3v) is 5.61. The molecule has 6 nitrogen and oxygen atoms in total. The number of halogens is 1. The standard InChI is InChI=1S/C10H15ClN2O4S2/c1-2-18(14,15)12-7-8-13-19(16,17)10-6-4-3-5-9(10)11/h3-6,12-13H,2,7-8H2,1H3. The monoisotopic (exact) mass is 326 g/mol. The van der Waals surface area contributed by atoms with Crippen molar-refractivity contribution in [1.29, 1.82) is 0 Å². The van der Waals surface area contributed by atoms with Gasteiger partial charge in [-0.2, -0.15) is 0 Å². The zero-order valence-electron chi connectivity index (χ0n) is 10.3. The van der Waals surface area contributed by atoms with Crippen LogP contribution in [-0.2, 0) is 20.0 Å². The molecule has 0 saturated heterocycles. The molecule has 1 rings (SSSR count). The molecule has 0 atom stereocenters. The number of hydrogen-bond acceptors (Lipinski definition) is 4. The van der Waals surface area contributed by atoms with Gasteiger partial charge in [0.05, 0.1) is 10.8 Å². The van der Waals surface area contributed by atoms with Gasteiger partial charge in [-0.25, -0.2) is 26.3 Å². The van der Waals surface area contributed by atoms with Crippen LogP contribution in [0.4, 0.5) is 0 Å². The topological polar surface area (TPSA) is 92.3 Å². The average molecular weight is 327 g/mol. The summed E-state index contributed by atoms with van der Waals surface area (Å²) in [4.78, 5) is -0.0324. The van der Waals surface area contributed by atoms with Gasteiger partial charge in [0.2, 0.25) is 20.0 Å². The highest BCUT2D eigenvalue weighted by atomic mass is 35.5. The Balaban J connectivity index is 2.61. The van der Waals surface area contributed by atoms with E-state index in [0.717, 1.165) is 0 Å². The van der Waals surface area contributed by atoms with Crippen molar-refractivity contribution in [3.8, 4) is 0 Å². The highest BCUT2D eigenvalue weighted by molar-refractivity contribution is 7.89. The van der Waals surface area contributed by atoms with Crippen LogP contribution in [0.1, 0.15) is 6.92 Å². The van der Waals surface area contributed by atoms with Gasteiger partial charge in [0.15, 0.2) is 0 Å². The summed E-state index contributed by atoms with van der Waals surface area (Å²) in [6.45, 7) is 1.43. The Morgan fingerprint density at radius 3 is 2.21 bits per heavy atom. The van der Waals surface area contributed by atoms with E-state index in [1.807, 2.05) is 0 Å². The second-order valence-corrected chi connectivity index (χ2v) is 7.86. The van der Waals surface area contributed by atoms with Crippen LogP contribution >= 0.6 is 11.6 Å². The molecule has 0 fully saturated rings. The summed E-state index contributed by atoms with van der Waals surface area (Å²) in [7, 11) is -7.05. The van der Waals surface area contributed by atoms with Crippen LogP contribution in [0.2, 0.25) is 5.02 Å². The molecule has 0 aromatic heterocycles. The molecule has 108 valence electrons. The normalized spacial score (nSPS) is 12.5. The predicted molar refractivity (Wildman–Crippen MR) is 74.1 cm³/mol. The molecule has 1 aromatic rings. The summed E-state index contributed by atoms with van der Waals surface area (Å²) in [6, 6.07) is 6.02. The van der Waals surface area contributed by atoms with Crippen molar-refractivity contribution in [2.75, 3.05) is 18.8 Å². The molecule has 1 aromatic carbocycles. The highest BCUT2D eigenvalue weighted by Crippen LogP contribution is 2.19. The van der Waals surface area contributed by atoms with Crippen LogP contribution in [0.25, 0.3) is 0 Å². The lowest BCUT2D eigenvalue weighted by atomic mass is 10.4. The molecular formula is C10H15ClN2O4S2. The van der Waals surface area contributed by atoms with Gasteiger partial charge in [-0.15, -0.1) is 0 Å². The Bertz CT molecular complexity index is 629. The third-order valence-electron chi connectivity index (χ3n) is 2.25. The number of benzene rings is 1. The third kappa shape index (κ3) is 5.07. The van der Waals surface area contributed by atoms with E-state index in [1.54, 1.807) is 12.1 Å². The Morgan fingerprint density at radius 2 is 1.63 bits per heavy atom. The predicted octanol–water partition coefficient (Wildman–Crippen LogP) is 0.558. The van der Waals surface area contributed by atoms with Crippen LogP contribution in [-0.4, -0.2) is 35.7 Å². The van der Waals surface area contributed by atoms with Crippen molar-refractivity contribution in [3.05, 3.63) is 29.3 Å². The van der Waals surface area contributed by atoms with E-state index in [2.05, 4.69) is 9.44 Å². The SMILES string of the molecule is CCS(=O)(=O)NCCNS(=O)(=O)c1ccccc1Cl. The first-order valence-electron chi connectivity index (χ1n) is 5.50. The lowest BCUT2D eigenvalue weighted by Crippen LogP contribution is -2.35. The second-order valence-electron chi connectivity index (χ2n) is 3.63. The minimum Gasteiger partial charge on any atom is -0.214 e. The first kappa shape index (κ1) is 16.4. The molecule has 0 spiro atoms. The largest absolute Gasteiger partial charge is 0.242 e. The molecule has 0 radical (unpaired) electrons. The van der Waals surface area contributed by atoms with Crippen molar-refractivity contribution in [3.63, 3.8) is 0 Å². The van der Waals surface area contributed by atoms with E-state index in [-0.39, 0.29) is 28.8 Å². The van der Waals surface area contributed by atoms with Gasteiger partial charge in [0, 0.05) is 13.1 Å². The van der Waals surface area contributed by atoms with E-state index < -0.39 is 20.0 Å². The van der Waals surface area contributed by atoms with E-state index in [1.165, 1.54) is 19.1 Å². The summed E-state index contributed by atoms with van der Waals surface area (Å²) in [5.74, 6) is -0.0513. The maximum atomic E-state index is 11.9. The van der Waals surface area contributed by atoms with Crippen LogP contribution in [0, 0.1) is 0 Å². The van der Waals surface area contributed by atoms with Crippen LogP contribution in [0.15, 0.2) is 29.2 Å². The summed E-state index contributed by atoms with van der Waals surface area (Å²) in [5, 5.41) is 0.115. The van der Waals surface area contributed by atoms with Gasteiger partial charge in [0.25, 0.3) is 0 Å². The fourth-order valence-corrected chi connectivity index (χ4v) is 3.40. The Labute approximate surface area is 118 Å². The van der Waals surface area contributed by atoms with Crippen molar-refractivity contribution in [1.82, 2.24) is 9.44 Å². The molecule has 0 unspecified atom stereocenters. The highest BCUT2D eigenvalue weighted by Gasteiger charge is 2.16. The Kier molecular flexibility index (Phi) is 5.75. The van der Waals surface area contributed by atoms with Gasteiger partial charge in [-0.3, -0.25) is 0 Å². The maximum absolute atomic E-state index is 11.9. The maximum Gasteiger partial charge on any atom is 0.242 e. The lowest BCUT2D eigenvalue weighted by Gasteiger charge is -2.08. The fourth-order valence-electron chi connectivity index (χ4n) is 1.23. The lowest BCUT2D eigenvalue weighted by molar-refractivity contribution is 0.571. The second kappa shape index (κ2) is 6.67. The van der Waals surface area contributed by atoms with Crippen LogP contribution in [0.5, 0.6) is 0 Å². The summed E-state index contributed by atoms with van der Waals surface area (Å²) in [6.07, 6.45) is 0. The van der Waals surface area contributed by atoms with Gasteiger partial charge in [-0.1, -0.05) is 23.7 Å². The number of nitrogens with one attached hydrogen (secondary N) is 2. The zero-order chi connectivity index (χ0) is 14.5. The molecule has 0 amide bonds. The molecule has 9 heteroatoms. The molecule has 0 heterocycles. The minimum absolute atomic E-state index is 0.0140. The molecule has 0 saturated carbocycles. The fraction of sp³-hybridized carbons (Fsp3) is 0.400. The van der Waals surface area contributed by atoms with E-state index in [4.69, 9.17) is 11.6 Å². The smallest absolute Gasteiger partial charge is 0.214 e. The van der Waals surface area contributed by atoms with Crippen LogP contribution < -0.4 is 9.44 Å². The Hall–Kier alpha value is -0.670. The van der Waals surface area contributed by atoms with E-state index >= 15 is 0 Å². The van der Waals surface area contributed by atoms with Gasteiger partial charge < -0.3 is 0 Å². The van der Waals surface area contributed by atoms with Gasteiger partial charge in [0.1, 0.15) is 4.90 Å². The molecule has 0 aliphatic carbocycles. The first-order chi connectivity index (χ1) is 8.78. The molecule has 0 aliphatic heterocycles. The number of sulfonamides is 2. The molecule has 19 heavy (non-hydrogen) atoms.